The van der Waals surface area contributed by atoms with Crippen molar-refractivity contribution in [1.82, 2.24) is 10.3 Å². The van der Waals surface area contributed by atoms with Crippen molar-refractivity contribution >= 4 is 17.7 Å². The summed E-state index contributed by atoms with van der Waals surface area (Å²) in [7, 11) is 0. The van der Waals surface area contributed by atoms with E-state index in [0.717, 1.165) is 18.8 Å². The molecule has 17 heavy (non-hydrogen) atoms. The molecule has 0 saturated carbocycles. The molecule has 1 fully saturated rings. The zero-order valence-corrected chi connectivity index (χ0v) is 10.5. The monoisotopic (exact) mass is 255 g/mol. The van der Waals surface area contributed by atoms with Crippen LogP contribution in [0.4, 0.5) is 0 Å². The first-order chi connectivity index (χ1) is 8.31. The molecule has 2 heterocycles. The fourth-order valence-corrected chi connectivity index (χ4v) is 2.83. The number of nitrogens with one attached hydrogen (secondary N) is 1. The number of nitrogen functional groups attached to an aromatic ring is 1. The van der Waals surface area contributed by atoms with Gasteiger partial charge in [-0.15, -0.1) is 0 Å². The van der Waals surface area contributed by atoms with Crippen molar-refractivity contribution in [3.63, 3.8) is 0 Å². The smallest absolute Gasteiger partial charge is 0.268 e. The molecule has 0 radical (unpaired) electrons. The number of rotatable bonds is 3. The van der Waals surface area contributed by atoms with Gasteiger partial charge in [-0.05, 0) is 24.8 Å². The fraction of sp³-hybridized carbons (Fsp3) is 0.545. The summed E-state index contributed by atoms with van der Waals surface area (Å²) >= 11 is 1.98. The van der Waals surface area contributed by atoms with E-state index in [1.54, 1.807) is 6.07 Å². The van der Waals surface area contributed by atoms with Gasteiger partial charge < -0.3 is 4.42 Å². The molecular weight excluding hydrogens is 238 g/mol. The van der Waals surface area contributed by atoms with Gasteiger partial charge in [0, 0.05) is 12.3 Å². The molecule has 1 aromatic rings. The zero-order chi connectivity index (χ0) is 12.1. The molecule has 2 rings (SSSR count). The molecule has 1 aromatic heterocycles. The SMILES string of the molecule is NNC(=O)c1ccoc1CN1CCCSCC1. The van der Waals surface area contributed by atoms with Crippen LogP contribution in [0, 0.1) is 0 Å². The van der Waals surface area contributed by atoms with E-state index in [1.807, 2.05) is 11.8 Å². The topological polar surface area (TPSA) is 71.5 Å². The molecule has 0 spiro atoms. The second kappa shape index (κ2) is 6.09. The summed E-state index contributed by atoms with van der Waals surface area (Å²) in [5, 5.41) is 0. The maximum absolute atomic E-state index is 11.5. The lowest BCUT2D eigenvalue weighted by Gasteiger charge is -2.18. The van der Waals surface area contributed by atoms with Crippen molar-refractivity contribution in [2.24, 2.45) is 5.84 Å². The Bertz CT molecular complexity index is 373. The number of carbonyl (C=O) groups is 1. The van der Waals surface area contributed by atoms with Gasteiger partial charge in [0.05, 0.1) is 18.4 Å². The van der Waals surface area contributed by atoms with Crippen LogP contribution in [0.25, 0.3) is 0 Å². The third kappa shape index (κ3) is 3.24. The van der Waals surface area contributed by atoms with Crippen LogP contribution in [-0.2, 0) is 6.54 Å². The van der Waals surface area contributed by atoms with E-state index in [0.29, 0.717) is 17.9 Å². The number of hydrogen-bond donors (Lipinski definition) is 2. The van der Waals surface area contributed by atoms with E-state index in [2.05, 4.69) is 10.3 Å². The number of hydrogen-bond acceptors (Lipinski definition) is 5. The third-order valence-electron chi connectivity index (χ3n) is 2.80. The molecule has 5 nitrogen and oxygen atoms in total. The molecule has 0 unspecified atom stereocenters. The molecule has 0 aromatic carbocycles. The lowest BCUT2D eigenvalue weighted by molar-refractivity contribution is 0.0950. The minimum Gasteiger partial charge on any atom is -0.467 e. The van der Waals surface area contributed by atoms with Gasteiger partial charge in [0.15, 0.2) is 0 Å². The highest BCUT2D eigenvalue weighted by atomic mass is 32.2. The lowest BCUT2D eigenvalue weighted by Crippen LogP contribution is -2.31. The van der Waals surface area contributed by atoms with Crippen LogP contribution in [0.2, 0.25) is 0 Å². The summed E-state index contributed by atoms with van der Waals surface area (Å²) in [6.07, 6.45) is 2.72. The molecule has 0 bridgehead atoms. The quantitative estimate of drug-likeness (QED) is 0.475. The standard InChI is InChI=1S/C11H17N3O2S/c12-13-11(15)9-2-5-16-10(9)8-14-3-1-6-17-7-4-14/h2,5H,1,3-4,6-8,12H2,(H,13,15). The minimum absolute atomic E-state index is 0.294. The fourth-order valence-electron chi connectivity index (χ4n) is 1.90. The number of thioether (sulfide) groups is 1. The number of nitrogens with zero attached hydrogens (tertiary/aromatic N) is 1. The van der Waals surface area contributed by atoms with Crippen molar-refractivity contribution in [1.29, 1.82) is 0 Å². The Morgan fingerprint density at radius 2 is 2.41 bits per heavy atom. The second-order valence-electron chi connectivity index (χ2n) is 3.97. The molecule has 0 atom stereocenters. The molecule has 1 aliphatic heterocycles. The van der Waals surface area contributed by atoms with Gasteiger partial charge in [0.2, 0.25) is 0 Å². The van der Waals surface area contributed by atoms with Crippen LogP contribution < -0.4 is 11.3 Å². The van der Waals surface area contributed by atoms with Gasteiger partial charge >= 0.3 is 0 Å². The van der Waals surface area contributed by atoms with E-state index < -0.39 is 0 Å². The molecule has 6 heteroatoms. The van der Waals surface area contributed by atoms with Crippen LogP contribution in [0.3, 0.4) is 0 Å². The van der Waals surface area contributed by atoms with E-state index in [4.69, 9.17) is 10.3 Å². The normalized spacial score (nSPS) is 17.7. The van der Waals surface area contributed by atoms with Gasteiger partial charge in [-0.25, -0.2) is 5.84 Å². The highest BCUT2D eigenvalue weighted by Crippen LogP contribution is 2.16. The van der Waals surface area contributed by atoms with E-state index >= 15 is 0 Å². The largest absolute Gasteiger partial charge is 0.467 e. The van der Waals surface area contributed by atoms with Crippen LogP contribution in [0.5, 0.6) is 0 Å². The Labute approximate surface area is 105 Å². The van der Waals surface area contributed by atoms with Crippen LogP contribution in [-0.4, -0.2) is 35.4 Å². The molecule has 94 valence electrons. The first-order valence-corrected chi connectivity index (χ1v) is 6.84. The predicted octanol–water partition coefficient (Wildman–Crippen LogP) is 0.822. The number of hydrazine groups is 1. The van der Waals surface area contributed by atoms with Crippen molar-refractivity contribution in [2.75, 3.05) is 24.6 Å². The number of carbonyl (C=O) groups excluding carboxylic acids is 1. The number of furan rings is 1. The van der Waals surface area contributed by atoms with E-state index in [-0.39, 0.29) is 5.91 Å². The summed E-state index contributed by atoms with van der Waals surface area (Å²) in [4.78, 5) is 13.8. The van der Waals surface area contributed by atoms with E-state index in [9.17, 15) is 4.79 Å². The van der Waals surface area contributed by atoms with Gasteiger partial charge in [-0.1, -0.05) is 0 Å². The van der Waals surface area contributed by atoms with Crippen LogP contribution in [0.1, 0.15) is 22.5 Å². The van der Waals surface area contributed by atoms with Gasteiger partial charge in [-0.2, -0.15) is 11.8 Å². The van der Waals surface area contributed by atoms with Gasteiger partial charge in [0.25, 0.3) is 5.91 Å². The number of nitrogens with two attached hydrogens (primary N) is 1. The Hall–Kier alpha value is -0.980. The summed E-state index contributed by atoms with van der Waals surface area (Å²) in [5.41, 5.74) is 2.67. The third-order valence-corrected chi connectivity index (χ3v) is 3.85. The second-order valence-corrected chi connectivity index (χ2v) is 5.20. The summed E-state index contributed by atoms with van der Waals surface area (Å²) in [6.45, 7) is 2.77. The Morgan fingerprint density at radius 1 is 1.53 bits per heavy atom. The average Bonchev–Trinajstić information content (AvgIpc) is 2.64. The Balaban J connectivity index is 2.02. The van der Waals surface area contributed by atoms with Crippen LogP contribution in [0.15, 0.2) is 16.7 Å². The van der Waals surface area contributed by atoms with Crippen molar-refractivity contribution in [2.45, 2.75) is 13.0 Å². The molecule has 1 saturated heterocycles. The van der Waals surface area contributed by atoms with Gasteiger partial charge in [0.1, 0.15) is 5.76 Å². The van der Waals surface area contributed by atoms with Crippen LogP contribution >= 0.6 is 11.8 Å². The Morgan fingerprint density at radius 3 is 3.24 bits per heavy atom. The van der Waals surface area contributed by atoms with Crippen molar-refractivity contribution < 1.29 is 9.21 Å². The molecular formula is C11H17N3O2S. The number of amides is 1. The first-order valence-electron chi connectivity index (χ1n) is 5.68. The minimum atomic E-state index is -0.294. The molecule has 1 amide bonds. The summed E-state index contributed by atoms with van der Waals surface area (Å²) in [6, 6.07) is 1.66. The van der Waals surface area contributed by atoms with Crippen molar-refractivity contribution in [3.8, 4) is 0 Å². The average molecular weight is 255 g/mol. The summed E-state index contributed by atoms with van der Waals surface area (Å²) in [5.74, 6) is 7.88. The van der Waals surface area contributed by atoms with Gasteiger partial charge in [-0.3, -0.25) is 15.1 Å². The highest BCUT2D eigenvalue weighted by molar-refractivity contribution is 7.99. The molecule has 0 aliphatic carbocycles. The maximum Gasteiger partial charge on any atom is 0.268 e. The summed E-state index contributed by atoms with van der Waals surface area (Å²) < 4.78 is 5.37. The van der Waals surface area contributed by atoms with E-state index in [1.165, 1.54) is 18.4 Å². The van der Waals surface area contributed by atoms with Crippen molar-refractivity contribution in [3.05, 3.63) is 23.7 Å². The molecule has 3 N–H and O–H groups in total. The lowest BCUT2D eigenvalue weighted by atomic mass is 10.2. The first kappa shape index (κ1) is 12.5. The predicted molar refractivity (Wildman–Crippen MR) is 67.6 cm³/mol. The highest BCUT2D eigenvalue weighted by Gasteiger charge is 2.17. The zero-order valence-electron chi connectivity index (χ0n) is 9.65. The Kier molecular flexibility index (Phi) is 4.47. The maximum atomic E-state index is 11.5. The molecule has 1 aliphatic rings.